The molecule has 0 aliphatic carbocycles. The number of benzene rings is 1. The van der Waals surface area contributed by atoms with Gasteiger partial charge in [-0.25, -0.2) is 18.1 Å². The van der Waals surface area contributed by atoms with Crippen molar-refractivity contribution in [1.82, 2.24) is 19.2 Å². The maximum atomic E-state index is 12.8. The van der Waals surface area contributed by atoms with Crippen LogP contribution < -0.4 is 4.74 Å². The molecule has 0 N–H and O–H groups in total. The molecule has 0 amide bonds. The molecule has 0 fully saturated rings. The molecule has 9 heteroatoms. The number of nitrogens with zero attached hydrogens (tertiary/aromatic N) is 4. The number of aromatic nitrogens is 4. The molecule has 0 atom stereocenters. The molecule has 144 valence electrons. The largest absolute Gasteiger partial charge is 0.486 e. The van der Waals surface area contributed by atoms with Crippen molar-refractivity contribution >= 4 is 31.4 Å². The van der Waals surface area contributed by atoms with Crippen molar-refractivity contribution in [2.45, 2.75) is 18.6 Å². The number of rotatable bonds is 6. The van der Waals surface area contributed by atoms with E-state index in [0.29, 0.717) is 18.0 Å². The number of pyridine rings is 1. The third-order valence-electron chi connectivity index (χ3n) is 4.22. The molecule has 7 nitrogen and oxygen atoms in total. The highest BCUT2D eigenvalue weighted by molar-refractivity contribution is 9.10. The van der Waals surface area contributed by atoms with Gasteiger partial charge >= 0.3 is 0 Å². The van der Waals surface area contributed by atoms with Crippen LogP contribution in [0.5, 0.6) is 5.75 Å². The molecule has 0 saturated carbocycles. The smallest absolute Gasteiger partial charge is 0.197 e. The highest BCUT2D eigenvalue weighted by Gasteiger charge is 2.25. The van der Waals surface area contributed by atoms with E-state index in [1.807, 2.05) is 36.4 Å². The number of ether oxygens (including phenoxy) is 1. The van der Waals surface area contributed by atoms with Crippen LogP contribution in [0.15, 0.2) is 70.6 Å². The molecule has 0 radical (unpaired) electrons. The van der Waals surface area contributed by atoms with Gasteiger partial charge in [0, 0.05) is 10.7 Å². The van der Waals surface area contributed by atoms with E-state index in [4.69, 9.17) is 4.74 Å². The van der Waals surface area contributed by atoms with Crippen LogP contribution in [0, 0.1) is 0 Å². The van der Waals surface area contributed by atoms with Crippen LogP contribution in [-0.4, -0.2) is 33.3 Å². The summed E-state index contributed by atoms with van der Waals surface area (Å²) >= 11 is 3.38. The molecule has 1 aromatic carbocycles. The average Bonchev–Trinajstić information content (AvgIpc) is 3.31. The van der Waals surface area contributed by atoms with Gasteiger partial charge in [0.25, 0.3) is 0 Å². The summed E-state index contributed by atoms with van der Waals surface area (Å²) in [4.78, 5) is 4.48. The molecule has 0 bridgehead atoms. The first-order valence-electron chi connectivity index (χ1n) is 8.60. The normalized spacial score (nSPS) is 11.8. The Hall–Kier alpha value is -2.65. The molecule has 3 aromatic heterocycles. The van der Waals surface area contributed by atoms with Crippen LogP contribution in [0.25, 0.3) is 11.5 Å². The monoisotopic (exact) mass is 460 g/mol. The third-order valence-corrected chi connectivity index (χ3v) is 6.42. The lowest BCUT2D eigenvalue weighted by molar-refractivity contribution is 0.306. The summed E-state index contributed by atoms with van der Waals surface area (Å²) in [5.74, 6) is 0.732. The fraction of sp³-hybridized carbons (Fsp3) is 0.158. The zero-order chi connectivity index (χ0) is 19.7. The number of sulfone groups is 1. The van der Waals surface area contributed by atoms with Gasteiger partial charge in [-0.05, 0) is 33.6 Å². The van der Waals surface area contributed by atoms with Crippen molar-refractivity contribution in [2.75, 3.05) is 5.75 Å². The second-order valence-electron chi connectivity index (χ2n) is 6.11. The minimum absolute atomic E-state index is 0.0427. The number of hydrogen-bond donors (Lipinski definition) is 0. The fourth-order valence-electron chi connectivity index (χ4n) is 2.80. The minimum atomic E-state index is -3.55. The standard InChI is InChI=1S/C19H17BrN4O3S/c1-2-28(25,26)19-18(22-17-9-8-15(20)11-23(17)19)24-12-16(10-21-24)27-13-14-6-4-3-5-7-14/h3-12H,2,13H2,1H3. The number of halogens is 1. The number of fused-ring (bicyclic) bond motifs is 1. The molecule has 0 aliphatic rings. The lowest BCUT2D eigenvalue weighted by atomic mass is 10.2. The van der Waals surface area contributed by atoms with Gasteiger partial charge in [-0.2, -0.15) is 5.10 Å². The summed E-state index contributed by atoms with van der Waals surface area (Å²) in [5.41, 5.74) is 1.55. The van der Waals surface area contributed by atoms with Crippen molar-refractivity contribution in [1.29, 1.82) is 0 Å². The van der Waals surface area contributed by atoms with E-state index < -0.39 is 9.84 Å². The Morgan fingerprint density at radius 3 is 2.64 bits per heavy atom. The van der Waals surface area contributed by atoms with Gasteiger partial charge in [0.1, 0.15) is 12.3 Å². The Morgan fingerprint density at radius 2 is 1.89 bits per heavy atom. The van der Waals surface area contributed by atoms with E-state index in [9.17, 15) is 8.42 Å². The van der Waals surface area contributed by atoms with E-state index in [1.54, 1.807) is 36.0 Å². The number of hydrogen-bond acceptors (Lipinski definition) is 5. The van der Waals surface area contributed by atoms with Crippen LogP contribution >= 0.6 is 15.9 Å². The summed E-state index contributed by atoms with van der Waals surface area (Å²) in [6.07, 6.45) is 4.87. The molecule has 0 unspecified atom stereocenters. The molecule has 3 heterocycles. The average molecular weight is 461 g/mol. The van der Waals surface area contributed by atoms with Crippen molar-refractivity contribution in [2.24, 2.45) is 0 Å². The van der Waals surface area contributed by atoms with E-state index in [-0.39, 0.29) is 16.6 Å². The van der Waals surface area contributed by atoms with Gasteiger partial charge in [0.15, 0.2) is 26.4 Å². The second kappa shape index (κ2) is 7.40. The Labute approximate surface area is 170 Å². The SMILES string of the molecule is CCS(=O)(=O)c1c(-n2cc(OCc3ccccc3)cn2)nc2ccc(Br)cn12. The Morgan fingerprint density at radius 1 is 1.11 bits per heavy atom. The predicted molar refractivity (Wildman–Crippen MR) is 109 cm³/mol. The number of imidazole rings is 1. The Kier molecular flexibility index (Phi) is 4.94. The van der Waals surface area contributed by atoms with Crippen molar-refractivity contribution in [3.05, 3.63) is 71.1 Å². The quantitative estimate of drug-likeness (QED) is 0.438. The van der Waals surface area contributed by atoms with E-state index >= 15 is 0 Å². The summed E-state index contributed by atoms with van der Waals surface area (Å²) in [7, 11) is -3.55. The van der Waals surface area contributed by atoms with E-state index in [1.165, 1.54) is 4.68 Å². The second-order valence-corrected chi connectivity index (χ2v) is 9.22. The molecule has 0 aliphatic heterocycles. The molecule has 28 heavy (non-hydrogen) atoms. The van der Waals surface area contributed by atoms with Gasteiger partial charge in [-0.1, -0.05) is 37.3 Å². The van der Waals surface area contributed by atoms with Gasteiger partial charge in [-0.15, -0.1) is 0 Å². The van der Waals surface area contributed by atoms with Crippen LogP contribution in [0.1, 0.15) is 12.5 Å². The molecule has 0 saturated heterocycles. The van der Waals surface area contributed by atoms with Crippen molar-refractivity contribution < 1.29 is 13.2 Å². The topological polar surface area (TPSA) is 78.5 Å². The van der Waals surface area contributed by atoms with Crippen LogP contribution in [-0.2, 0) is 16.4 Å². The summed E-state index contributed by atoms with van der Waals surface area (Å²) in [6, 6.07) is 13.3. The van der Waals surface area contributed by atoms with Crippen molar-refractivity contribution in [3.8, 4) is 11.6 Å². The first-order chi connectivity index (χ1) is 13.5. The zero-order valence-electron chi connectivity index (χ0n) is 15.0. The lowest BCUT2D eigenvalue weighted by Gasteiger charge is -2.05. The molecule has 4 aromatic rings. The third kappa shape index (κ3) is 3.55. The summed E-state index contributed by atoms with van der Waals surface area (Å²) in [6.45, 7) is 2.00. The van der Waals surface area contributed by atoms with Crippen LogP contribution in [0.3, 0.4) is 0 Å². The van der Waals surface area contributed by atoms with Crippen LogP contribution in [0.2, 0.25) is 0 Å². The fourth-order valence-corrected chi connectivity index (χ4v) is 4.27. The molecular weight excluding hydrogens is 444 g/mol. The Bertz CT molecular complexity index is 1230. The summed E-state index contributed by atoms with van der Waals surface area (Å²) < 4.78 is 35.0. The highest BCUT2D eigenvalue weighted by atomic mass is 79.9. The molecule has 4 rings (SSSR count). The van der Waals surface area contributed by atoms with E-state index in [0.717, 1.165) is 10.0 Å². The maximum Gasteiger partial charge on any atom is 0.197 e. The predicted octanol–water partition coefficient (Wildman–Crippen LogP) is 3.66. The van der Waals surface area contributed by atoms with Gasteiger partial charge in [0.2, 0.25) is 0 Å². The summed E-state index contributed by atoms with van der Waals surface area (Å²) in [5, 5.41) is 4.37. The van der Waals surface area contributed by atoms with Gasteiger partial charge < -0.3 is 4.74 Å². The minimum Gasteiger partial charge on any atom is -0.486 e. The van der Waals surface area contributed by atoms with Crippen LogP contribution in [0.4, 0.5) is 0 Å². The first-order valence-corrected chi connectivity index (χ1v) is 11.0. The Balaban J connectivity index is 1.73. The van der Waals surface area contributed by atoms with Crippen molar-refractivity contribution in [3.63, 3.8) is 0 Å². The molecule has 0 spiro atoms. The first kappa shape index (κ1) is 18.7. The lowest BCUT2D eigenvalue weighted by Crippen LogP contribution is -2.11. The van der Waals surface area contributed by atoms with E-state index in [2.05, 4.69) is 26.0 Å². The molecular formula is C19H17BrN4O3S. The van der Waals surface area contributed by atoms with Gasteiger partial charge in [0.05, 0.1) is 18.1 Å². The highest BCUT2D eigenvalue weighted by Crippen LogP contribution is 2.26. The maximum absolute atomic E-state index is 12.8. The van der Waals surface area contributed by atoms with Gasteiger partial charge in [-0.3, -0.25) is 4.40 Å². The zero-order valence-corrected chi connectivity index (χ0v) is 17.4.